The summed E-state index contributed by atoms with van der Waals surface area (Å²) in [5.74, 6) is 2.36. The van der Waals surface area contributed by atoms with Gasteiger partial charge in [-0.1, -0.05) is 0 Å². The summed E-state index contributed by atoms with van der Waals surface area (Å²) < 4.78 is 2.25. The molecule has 0 saturated carbocycles. The Morgan fingerprint density at radius 3 is 2.67 bits per heavy atom. The smallest absolute Gasteiger partial charge is 0.225 e. The predicted molar refractivity (Wildman–Crippen MR) is 91.8 cm³/mol. The largest absolute Gasteiger partial charge is 0.340 e. The molecule has 0 aliphatic carbocycles. The number of rotatable bonds is 4. The van der Waals surface area contributed by atoms with E-state index in [1.165, 1.54) is 5.56 Å². The maximum Gasteiger partial charge on any atom is 0.225 e. The zero-order valence-corrected chi connectivity index (χ0v) is 13.5. The number of piperidine rings is 1. The lowest BCUT2D eigenvalue weighted by Gasteiger charge is -2.32. The number of nitrogens with zero attached hydrogens (tertiary/aromatic N) is 6. The molecule has 0 amide bonds. The highest BCUT2D eigenvalue weighted by Gasteiger charge is 2.25. The fourth-order valence-electron chi connectivity index (χ4n) is 3.32. The first-order chi connectivity index (χ1) is 11.9. The van der Waals surface area contributed by atoms with Crippen molar-refractivity contribution in [2.24, 2.45) is 0 Å². The monoisotopic (exact) mass is 320 g/mol. The summed E-state index contributed by atoms with van der Waals surface area (Å²) in [4.78, 5) is 19.8. The second-order valence-corrected chi connectivity index (χ2v) is 6.10. The van der Waals surface area contributed by atoms with E-state index in [9.17, 15) is 0 Å². The van der Waals surface area contributed by atoms with Crippen LogP contribution in [0, 0.1) is 0 Å². The number of pyridine rings is 1. The van der Waals surface area contributed by atoms with Crippen LogP contribution < -0.4 is 4.90 Å². The van der Waals surface area contributed by atoms with Crippen LogP contribution in [0.15, 0.2) is 55.4 Å². The van der Waals surface area contributed by atoms with Crippen LogP contribution in [-0.4, -0.2) is 37.6 Å². The van der Waals surface area contributed by atoms with Gasteiger partial charge in [0.1, 0.15) is 5.82 Å². The second-order valence-electron chi connectivity index (χ2n) is 6.10. The number of hydrogen-bond acceptors (Lipinski definition) is 5. The van der Waals surface area contributed by atoms with Gasteiger partial charge < -0.3 is 9.47 Å². The highest BCUT2D eigenvalue weighted by atomic mass is 15.3. The summed E-state index contributed by atoms with van der Waals surface area (Å²) in [6.07, 6.45) is 13.5. The summed E-state index contributed by atoms with van der Waals surface area (Å²) in [5.41, 5.74) is 1.24. The highest BCUT2D eigenvalue weighted by Crippen LogP contribution is 2.27. The van der Waals surface area contributed by atoms with E-state index in [2.05, 4.69) is 47.7 Å². The minimum absolute atomic E-state index is 0.402. The number of hydrogen-bond donors (Lipinski definition) is 0. The fraction of sp³-hybridized carbons (Fsp3) is 0.333. The predicted octanol–water partition coefficient (Wildman–Crippen LogP) is 2.50. The molecule has 3 aromatic rings. The molecule has 1 atom stereocenters. The summed E-state index contributed by atoms with van der Waals surface area (Å²) in [7, 11) is 0. The van der Waals surface area contributed by atoms with Crippen LogP contribution in [0.2, 0.25) is 0 Å². The van der Waals surface area contributed by atoms with Crippen LogP contribution in [0.5, 0.6) is 0 Å². The molecule has 0 unspecified atom stereocenters. The zero-order valence-electron chi connectivity index (χ0n) is 13.5. The Morgan fingerprint density at radius 1 is 1.00 bits per heavy atom. The van der Waals surface area contributed by atoms with Gasteiger partial charge in [-0.2, -0.15) is 0 Å². The minimum Gasteiger partial charge on any atom is -0.340 e. The van der Waals surface area contributed by atoms with Gasteiger partial charge in [-0.25, -0.2) is 15.0 Å². The number of anilines is 1. The van der Waals surface area contributed by atoms with Gasteiger partial charge in [0.2, 0.25) is 5.95 Å². The maximum atomic E-state index is 4.64. The van der Waals surface area contributed by atoms with E-state index in [1.807, 2.05) is 24.7 Å². The van der Waals surface area contributed by atoms with Crippen LogP contribution in [-0.2, 0) is 6.54 Å². The van der Waals surface area contributed by atoms with Gasteiger partial charge in [0, 0.05) is 62.7 Å². The average molecular weight is 320 g/mol. The molecule has 0 aromatic carbocycles. The summed E-state index contributed by atoms with van der Waals surface area (Å²) >= 11 is 0. The Kier molecular flexibility index (Phi) is 4.18. The lowest BCUT2D eigenvalue weighted by molar-refractivity contribution is 0.471. The van der Waals surface area contributed by atoms with E-state index in [-0.39, 0.29) is 0 Å². The molecule has 3 aromatic heterocycles. The molecule has 1 aliphatic heterocycles. The van der Waals surface area contributed by atoms with E-state index in [4.69, 9.17) is 0 Å². The van der Waals surface area contributed by atoms with Crippen LogP contribution in [0.25, 0.3) is 0 Å². The van der Waals surface area contributed by atoms with Crippen LogP contribution in [0.1, 0.15) is 30.1 Å². The zero-order chi connectivity index (χ0) is 16.2. The molecule has 0 spiro atoms. The van der Waals surface area contributed by atoms with Crippen LogP contribution in [0.3, 0.4) is 0 Å². The van der Waals surface area contributed by atoms with Crippen molar-refractivity contribution < 1.29 is 0 Å². The van der Waals surface area contributed by atoms with E-state index in [0.29, 0.717) is 5.92 Å². The summed E-state index contributed by atoms with van der Waals surface area (Å²) in [6, 6.07) is 5.95. The SMILES string of the molecule is c1cnc(N2CCC[C@@H](c3nccn3Cc3ccncc3)C2)nc1. The fourth-order valence-corrected chi connectivity index (χ4v) is 3.32. The lowest BCUT2D eigenvalue weighted by atomic mass is 9.97. The molecule has 1 saturated heterocycles. The van der Waals surface area contributed by atoms with Crippen molar-refractivity contribution in [3.63, 3.8) is 0 Å². The maximum absolute atomic E-state index is 4.64. The molecular formula is C18H20N6. The van der Waals surface area contributed by atoms with Crippen molar-refractivity contribution in [2.75, 3.05) is 18.0 Å². The van der Waals surface area contributed by atoms with Crippen molar-refractivity contribution in [3.8, 4) is 0 Å². The van der Waals surface area contributed by atoms with Crippen molar-refractivity contribution in [2.45, 2.75) is 25.3 Å². The molecule has 6 nitrogen and oxygen atoms in total. The molecule has 122 valence electrons. The molecule has 4 heterocycles. The van der Waals surface area contributed by atoms with Crippen LogP contribution >= 0.6 is 0 Å². The normalized spacial score (nSPS) is 17.8. The number of imidazole rings is 1. The topological polar surface area (TPSA) is 59.7 Å². The van der Waals surface area contributed by atoms with Crippen molar-refractivity contribution in [3.05, 3.63) is 66.8 Å². The third-order valence-electron chi connectivity index (χ3n) is 4.47. The van der Waals surface area contributed by atoms with Crippen LogP contribution in [0.4, 0.5) is 5.95 Å². The van der Waals surface area contributed by atoms with Gasteiger partial charge in [0.25, 0.3) is 0 Å². The molecule has 0 radical (unpaired) electrons. The molecular weight excluding hydrogens is 300 g/mol. The Balaban J connectivity index is 1.53. The van der Waals surface area contributed by atoms with Gasteiger partial charge in [-0.3, -0.25) is 4.98 Å². The van der Waals surface area contributed by atoms with E-state index < -0.39 is 0 Å². The standard InChI is InChI=1S/C18H20N6/c1-3-16(14-24(11-1)18-21-6-2-7-22-18)17-20-10-12-23(17)13-15-4-8-19-9-5-15/h2,4-10,12,16H,1,3,11,13-14H2/t16-/m1/s1. The highest BCUT2D eigenvalue weighted by molar-refractivity contribution is 5.30. The number of aromatic nitrogens is 5. The molecule has 0 N–H and O–H groups in total. The molecule has 6 heteroatoms. The molecule has 1 fully saturated rings. The van der Waals surface area contributed by atoms with E-state index in [1.54, 1.807) is 12.4 Å². The first-order valence-electron chi connectivity index (χ1n) is 8.32. The summed E-state index contributed by atoms with van der Waals surface area (Å²) in [6.45, 7) is 2.75. The Hall–Kier alpha value is -2.76. The summed E-state index contributed by atoms with van der Waals surface area (Å²) in [5, 5.41) is 0. The Bertz CT molecular complexity index is 770. The van der Waals surface area contributed by atoms with Gasteiger partial charge in [-0.05, 0) is 36.6 Å². The molecule has 24 heavy (non-hydrogen) atoms. The molecule has 1 aliphatic rings. The van der Waals surface area contributed by atoms with Gasteiger partial charge in [0.05, 0.1) is 0 Å². The minimum atomic E-state index is 0.402. The average Bonchev–Trinajstić information content (AvgIpc) is 3.12. The van der Waals surface area contributed by atoms with E-state index in [0.717, 1.165) is 44.2 Å². The van der Waals surface area contributed by atoms with Crippen molar-refractivity contribution >= 4 is 5.95 Å². The first kappa shape index (κ1) is 14.8. The van der Waals surface area contributed by atoms with Crippen molar-refractivity contribution in [1.29, 1.82) is 0 Å². The second kappa shape index (κ2) is 6.78. The third-order valence-corrected chi connectivity index (χ3v) is 4.47. The first-order valence-corrected chi connectivity index (χ1v) is 8.32. The van der Waals surface area contributed by atoms with Crippen molar-refractivity contribution in [1.82, 2.24) is 24.5 Å². The molecule has 0 bridgehead atoms. The lowest BCUT2D eigenvalue weighted by Crippen LogP contribution is -2.36. The van der Waals surface area contributed by atoms with Gasteiger partial charge in [-0.15, -0.1) is 0 Å². The molecule has 4 rings (SSSR count). The third kappa shape index (κ3) is 3.13. The van der Waals surface area contributed by atoms with E-state index >= 15 is 0 Å². The Labute approximate surface area is 141 Å². The van der Waals surface area contributed by atoms with Gasteiger partial charge >= 0.3 is 0 Å². The quantitative estimate of drug-likeness (QED) is 0.739. The Morgan fingerprint density at radius 2 is 1.83 bits per heavy atom. The van der Waals surface area contributed by atoms with Gasteiger partial charge in [0.15, 0.2) is 0 Å².